The summed E-state index contributed by atoms with van der Waals surface area (Å²) in [7, 11) is 0. The molecule has 5 heteroatoms. The molecule has 0 heterocycles. The molecule has 2 N–H and O–H groups in total. The van der Waals surface area contributed by atoms with E-state index in [2.05, 4.69) is 5.32 Å². The van der Waals surface area contributed by atoms with Gasteiger partial charge in [0.15, 0.2) is 0 Å². The Morgan fingerprint density at radius 1 is 1.26 bits per heavy atom. The summed E-state index contributed by atoms with van der Waals surface area (Å²) in [6, 6.07) is 9.52. The van der Waals surface area contributed by atoms with E-state index in [1.54, 1.807) is 13.8 Å². The maximum atomic E-state index is 11.5. The van der Waals surface area contributed by atoms with Crippen molar-refractivity contribution in [3.05, 3.63) is 35.9 Å². The molecule has 0 fully saturated rings. The Morgan fingerprint density at radius 2 is 1.89 bits per heavy atom. The fraction of sp³-hybridized carbons (Fsp3) is 0.429. The van der Waals surface area contributed by atoms with E-state index in [9.17, 15) is 9.59 Å². The Hall–Kier alpha value is -1.88. The topological polar surface area (TPSA) is 75.6 Å². The molecule has 0 saturated heterocycles. The highest BCUT2D eigenvalue weighted by molar-refractivity contribution is 5.79. The lowest BCUT2D eigenvalue weighted by Gasteiger charge is -2.19. The van der Waals surface area contributed by atoms with Crippen LogP contribution >= 0.6 is 0 Å². The molecule has 1 amide bonds. The summed E-state index contributed by atoms with van der Waals surface area (Å²) >= 11 is 0. The minimum atomic E-state index is -0.977. The number of carboxylic acids is 1. The van der Waals surface area contributed by atoms with Gasteiger partial charge in [-0.3, -0.25) is 9.59 Å². The molecule has 0 aliphatic rings. The van der Waals surface area contributed by atoms with E-state index in [1.165, 1.54) is 0 Å². The van der Waals surface area contributed by atoms with Gasteiger partial charge in [-0.1, -0.05) is 30.3 Å². The zero-order valence-corrected chi connectivity index (χ0v) is 11.2. The second-order valence-electron chi connectivity index (χ2n) is 4.94. The quantitative estimate of drug-likeness (QED) is 0.782. The standard InChI is InChI=1S/C14H19NO4/c1-14(2,13(17)18)10-15-12(16)9-19-8-11-6-4-3-5-7-11/h3-7H,8-10H2,1-2H3,(H,15,16)(H,17,18). The van der Waals surface area contributed by atoms with Crippen molar-refractivity contribution in [3.8, 4) is 0 Å². The molecule has 0 radical (unpaired) electrons. The molecule has 1 aromatic rings. The third-order valence-corrected chi connectivity index (χ3v) is 2.65. The third-order valence-electron chi connectivity index (χ3n) is 2.65. The average molecular weight is 265 g/mol. The predicted octanol–water partition coefficient (Wildman–Crippen LogP) is 1.43. The summed E-state index contributed by atoms with van der Waals surface area (Å²) in [5.41, 5.74) is 0.0101. The van der Waals surface area contributed by atoms with Crippen LogP contribution in [-0.2, 0) is 20.9 Å². The first-order valence-corrected chi connectivity index (χ1v) is 6.03. The molecule has 0 aromatic heterocycles. The number of amides is 1. The fourth-order valence-corrected chi connectivity index (χ4v) is 1.28. The van der Waals surface area contributed by atoms with Crippen molar-refractivity contribution < 1.29 is 19.4 Å². The van der Waals surface area contributed by atoms with Gasteiger partial charge in [0, 0.05) is 6.54 Å². The maximum absolute atomic E-state index is 11.5. The van der Waals surface area contributed by atoms with Crippen LogP contribution in [0.5, 0.6) is 0 Å². The summed E-state index contributed by atoms with van der Waals surface area (Å²) in [6.07, 6.45) is 0. The second kappa shape index (κ2) is 6.89. The molecular weight excluding hydrogens is 246 g/mol. The second-order valence-corrected chi connectivity index (χ2v) is 4.94. The number of ether oxygens (including phenoxy) is 1. The summed E-state index contributed by atoms with van der Waals surface area (Å²) in [4.78, 5) is 22.3. The van der Waals surface area contributed by atoms with E-state index >= 15 is 0 Å². The number of benzene rings is 1. The SMILES string of the molecule is CC(C)(CNC(=O)COCc1ccccc1)C(=O)O. The lowest BCUT2D eigenvalue weighted by atomic mass is 9.94. The molecule has 5 nitrogen and oxygen atoms in total. The van der Waals surface area contributed by atoms with Gasteiger partial charge in [0.2, 0.25) is 5.91 Å². The van der Waals surface area contributed by atoms with Crippen LogP contribution in [0.4, 0.5) is 0 Å². The van der Waals surface area contributed by atoms with Crippen LogP contribution in [-0.4, -0.2) is 30.1 Å². The Balaban J connectivity index is 2.24. The van der Waals surface area contributed by atoms with Crippen LogP contribution < -0.4 is 5.32 Å². The van der Waals surface area contributed by atoms with Gasteiger partial charge in [0.25, 0.3) is 0 Å². The van der Waals surface area contributed by atoms with Crippen LogP contribution in [0, 0.1) is 5.41 Å². The molecule has 1 aromatic carbocycles. The normalized spacial score (nSPS) is 11.1. The van der Waals surface area contributed by atoms with Crippen LogP contribution in [0.2, 0.25) is 0 Å². The van der Waals surface area contributed by atoms with Crippen molar-refractivity contribution in [1.29, 1.82) is 0 Å². The van der Waals surface area contributed by atoms with E-state index < -0.39 is 11.4 Å². The number of aliphatic carboxylic acids is 1. The monoisotopic (exact) mass is 265 g/mol. The summed E-state index contributed by atoms with van der Waals surface area (Å²) in [5.74, 6) is -1.26. The number of hydrogen-bond donors (Lipinski definition) is 2. The first kappa shape index (κ1) is 15.2. The molecule has 0 spiro atoms. The molecule has 0 aliphatic carbocycles. The van der Waals surface area contributed by atoms with E-state index in [0.29, 0.717) is 6.61 Å². The van der Waals surface area contributed by atoms with Crippen LogP contribution in [0.25, 0.3) is 0 Å². The van der Waals surface area contributed by atoms with Gasteiger partial charge in [-0.15, -0.1) is 0 Å². The molecule has 19 heavy (non-hydrogen) atoms. The first-order valence-electron chi connectivity index (χ1n) is 6.03. The maximum Gasteiger partial charge on any atom is 0.310 e. The Morgan fingerprint density at radius 3 is 2.47 bits per heavy atom. The molecule has 0 bridgehead atoms. The van der Waals surface area contributed by atoms with Gasteiger partial charge in [-0.2, -0.15) is 0 Å². The smallest absolute Gasteiger partial charge is 0.310 e. The zero-order valence-electron chi connectivity index (χ0n) is 11.2. The number of nitrogens with one attached hydrogen (secondary N) is 1. The Bertz CT molecular complexity index is 428. The van der Waals surface area contributed by atoms with Gasteiger partial charge in [0.05, 0.1) is 12.0 Å². The highest BCUT2D eigenvalue weighted by atomic mass is 16.5. The van der Waals surface area contributed by atoms with Gasteiger partial charge in [-0.25, -0.2) is 0 Å². The largest absolute Gasteiger partial charge is 0.481 e. The van der Waals surface area contributed by atoms with Crippen molar-refractivity contribution in [2.75, 3.05) is 13.2 Å². The number of carbonyl (C=O) groups is 2. The van der Waals surface area contributed by atoms with Crippen molar-refractivity contribution >= 4 is 11.9 Å². The van der Waals surface area contributed by atoms with E-state index in [0.717, 1.165) is 5.56 Å². The third kappa shape index (κ3) is 5.52. The number of carbonyl (C=O) groups excluding carboxylic acids is 1. The van der Waals surface area contributed by atoms with Crippen molar-refractivity contribution in [1.82, 2.24) is 5.32 Å². The zero-order chi connectivity index (χ0) is 14.3. The van der Waals surface area contributed by atoms with Gasteiger partial charge in [0.1, 0.15) is 6.61 Å². The molecule has 0 aliphatic heterocycles. The first-order chi connectivity index (χ1) is 8.92. The fourth-order valence-electron chi connectivity index (χ4n) is 1.28. The van der Waals surface area contributed by atoms with Crippen LogP contribution in [0.1, 0.15) is 19.4 Å². The van der Waals surface area contributed by atoms with Crippen LogP contribution in [0.3, 0.4) is 0 Å². The summed E-state index contributed by atoms with van der Waals surface area (Å²) in [5, 5.41) is 11.4. The molecule has 0 saturated carbocycles. The lowest BCUT2D eigenvalue weighted by Crippen LogP contribution is -2.40. The lowest BCUT2D eigenvalue weighted by molar-refractivity contribution is -0.146. The minimum Gasteiger partial charge on any atom is -0.481 e. The van der Waals surface area contributed by atoms with Crippen molar-refractivity contribution in [2.24, 2.45) is 5.41 Å². The van der Waals surface area contributed by atoms with Crippen molar-refractivity contribution in [2.45, 2.75) is 20.5 Å². The van der Waals surface area contributed by atoms with Gasteiger partial charge in [-0.05, 0) is 19.4 Å². The molecule has 0 atom stereocenters. The average Bonchev–Trinajstić information content (AvgIpc) is 2.37. The Labute approximate surface area is 112 Å². The van der Waals surface area contributed by atoms with Gasteiger partial charge < -0.3 is 15.2 Å². The van der Waals surface area contributed by atoms with Crippen molar-refractivity contribution in [3.63, 3.8) is 0 Å². The molecular formula is C14H19NO4. The predicted molar refractivity (Wildman–Crippen MR) is 70.5 cm³/mol. The highest BCUT2D eigenvalue weighted by Gasteiger charge is 2.27. The summed E-state index contributed by atoms with van der Waals surface area (Å²) < 4.78 is 5.25. The number of hydrogen-bond acceptors (Lipinski definition) is 3. The highest BCUT2D eigenvalue weighted by Crippen LogP contribution is 2.12. The number of rotatable bonds is 7. The van der Waals surface area contributed by atoms with E-state index in [-0.39, 0.29) is 19.1 Å². The molecule has 104 valence electrons. The Kier molecular flexibility index (Phi) is 5.51. The number of carboxylic acid groups (broad SMARTS) is 1. The molecule has 1 rings (SSSR count). The molecule has 0 unspecified atom stereocenters. The van der Waals surface area contributed by atoms with E-state index in [1.807, 2.05) is 30.3 Å². The van der Waals surface area contributed by atoms with Crippen LogP contribution in [0.15, 0.2) is 30.3 Å². The van der Waals surface area contributed by atoms with E-state index in [4.69, 9.17) is 9.84 Å². The minimum absolute atomic E-state index is 0.0788. The van der Waals surface area contributed by atoms with Gasteiger partial charge >= 0.3 is 5.97 Å². The summed E-state index contributed by atoms with van der Waals surface area (Å²) in [6.45, 7) is 3.47.